The molecule has 0 aliphatic carbocycles. The first-order valence-corrected chi connectivity index (χ1v) is 23.6. The number of aliphatic hydroxyl groups is 3. The summed E-state index contributed by atoms with van der Waals surface area (Å²) in [6.07, 6.45) is 53.4. The van der Waals surface area contributed by atoms with Gasteiger partial charge in [-0.05, 0) is 44.9 Å². The van der Waals surface area contributed by atoms with E-state index in [0.29, 0.717) is 6.42 Å². The van der Waals surface area contributed by atoms with Crippen LogP contribution in [0, 0.1) is 0 Å². The molecule has 0 aliphatic heterocycles. The Hall–Kier alpha value is -1.17. The number of carbonyl (C=O) groups is 1. The minimum Gasteiger partial charge on any atom is -0.394 e. The van der Waals surface area contributed by atoms with Gasteiger partial charge in [0.15, 0.2) is 0 Å². The summed E-state index contributed by atoms with van der Waals surface area (Å²) in [5, 5.41) is 33.2. The minimum atomic E-state index is -0.925. The highest BCUT2D eigenvalue weighted by Crippen LogP contribution is 2.16. The molecule has 0 rings (SSSR count). The Labute approximate surface area is 331 Å². The van der Waals surface area contributed by atoms with Crippen LogP contribution in [0.1, 0.15) is 251 Å². The van der Waals surface area contributed by atoms with E-state index in [2.05, 4.69) is 31.3 Å². The van der Waals surface area contributed by atoms with Crippen LogP contribution in [0.15, 0.2) is 24.3 Å². The van der Waals surface area contributed by atoms with Gasteiger partial charge in [0.05, 0.1) is 31.3 Å². The molecule has 0 aliphatic rings. The molecule has 3 atom stereocenters. The number of carbonyl (C=O) groups excluding carboxylic acids is 1. The molecule has 0 aromatic heterocycles. The van der Waals surface area contributed by atoms with E-state index in [4.69, 9.17) is 0 Å². The third-order valence-corrected chi connectivity index (χ3v) is 11.0. The average molecular weight is 748 g/mol. The van der Waals surface area contributed by atoms with Gasteiger partial charge in [-0.3, -0.25) is 4.79 Å². The summed E-state index contributed by atoms with van der Waals surface area (Å²) in [7, 11) is 0. The van der Waals surface area contributed by atoms with Crippen LogP contribution in [0.2, 0.25) is 0 Å². The molecule has 0 saturated heterocycles. The monoisotopic (exact) mass is 748 g/mol. The van der Waals surface area contributed by atoms with Gasteiger partial charge in [0.2, 0.25) is 5.91 Å². The third kappa shape index (κ3) is 40.3. The standard InChI is InChI=1S/C48H93NO4/c1-3-5-7-9-11-13-15-16-17-18-19-20-21-22-23-24-25-26-27-28-29-30-32-33-35-37-39-41-45(51)43-48(53)49-46(44-50)47(52)42-40-38-36-34-31-14-12-10-8-6-4-2/h22-23,40,42,45-47,50-52H,3-21,24-39,41,43-44H2,1-2H3,(H,49,53)/b23-22-,42-40+. The van der Waals surface area contributed by atoms with E-state index in [0.717, 1.165) is 25.7 Å². The van der Waals surface area contributed by atoms with E-state index in [-0.39, 0.29) is 18.9 Å². The second-order valence-corrected chi connectivity index (χ2v) is 16.4. The Morgan fingerprint density at radius 1 is 0.472 bits per heavy atom. The predicted molar refractivity (Wildman–Crippen MR) is 231 cm³/mol. The number of hydrogen-bond acceptors (Lipinski definition) is 4. The molecular weight excluding hydrogens is 655 g/mol. The lowest BCUT2D eigenvalue weighted by Crippen LogP contribution is -2.45. The average Bonchev–Trinajstić information content (AvgIpc) is 3.15. The van der Waals surface area contributed by atoms with Crippen LogP contribution in [-0.2, 0) is 4.79 Å². The van der Waals surface area contributed by atoms with Crippen molar-refractivity contribution in [3.05, 3.63) is 24.3 Å². The molecule has 4 N–H and O–H groups in total. The minimum absolute atomic E-state index is 0.0150. The molecule has 0 aromatic carbocycles. The molecule has 314 valence electrons. The quantitative estimate of drug-likeness (QED) is 0.0369. The molecule has 0 radical (unpaired) electrons. The fourth-order valence-corrected chi connectivity index (χ4v) is 7.34. The lowest BCUT2D eigenvalue weighted by Gasteiger charge is -2.21. The Balaban J connectivity index is 3.54. The Bertz CT molecular complexity index is 784. The van der Waals surface area contributed by atoms with E-state index in [9.17, 15) is 20.1 Å². The van der Waals surface area contributed by atoms with E-state index < -0.39 is 18.2 Å². The van der Waals surface area contributed by atoms with E-state index in [1.165, 1.54) is 199 Å². The highest BCUT2D eigenvalue weighted by atomic mass is 16.3. The van der Waals surface area contributed by atoms with Crippen LogP contribution < -0.4 is 5.32 Å². The Morgan fingerprint density at radius 3 is 1.15 bits per heavy atom. The fraction of sp³-hybridized carbons (Fsp3) is 0.896. The maximum absolute atomic E-state index is 12.4. The fourth-order valence-electron chi connectivity index (χ4n) is 7.34. The van der Waals surface area contributed by atoms with E-state index >= 15 is 0 Å². The molecule has 0 heterocycles. The first kappa shape index (κ1) is 51.8. The van der Waals surface area contributed by atoms with Crippen molar-refractivity contribution in [2.24, 2.45) is 0 Å². The van der Waals surface area contributed by atoms with Crippen molar-refractivity contribution in [1.29, 1.82) is 0 Å². The highest BCUT2D eigenvalue weighted by molar-refractivity contribution is 5.76. The second-order valence-electron chi connectivity index (χ2n) is 16.4. The zero-order valence-electron chi connectivity index (χ0n) is 35.7. The molecule has 5 nitrogen and oxygen atoms in total. The third-order valence-electron chi connectivity index (χ3n) is 11.0. The smallest absolute Gasteiger partial charge is 0.222 e. The van der Waals surface area contributed by atoms with Gasteiger partial charge < -0.3 is 20.6 Å². The van der Waals surface area contributed by atoms with Crippen LogP contribution in [-0.4, -0.2) is 46.1 Å². The highest BCUT2D eigenvalue weighted by Gasteiger charge is 2.20. The molecule has 0 bridgehead atoms. The van der Waals surface area contributed by atoms with Gasteiger partial charge in [0, 0.05) is 0 Å². The summed E-state index contributed by atoms with van der Waals surface area (Å²) >= 11 is 0. The largest absolute Gasteiger partial charge is 0.394 e. The van der Waals surface area contributed by atoms with Gasteiger partial charge in [-0.15, -0.1) is 0 Å². The summed E-state index contributed by atoms with van der Waals surface area (Å²) in [6, 6.07) is -0.741. The lowest BCUT2D eigenvalue weighted by molar-refractivity contribution is -0.124. The summed E-state index contributed by atoms with van der Waals surface area (Å²) < 4.78 is 0. The molecular formula is C48H93NO4. The van der Waals surface area contributed by atoms with Crippen molar-refractivity contribution >= 4 is 5.91 Å². The van der Waals surface area contributed by atoms with Gasteiger partial charge in [0.1, 0.15) is 0 Å². The molecule has 0 spiro atoms. The molecule has 0 fully saturated rings. The van der Waals surface area contributed by atoms with Gasteiger partial charge in [-0.2, -0.15) is 0 Å². The van der Waals surface area contributed by atoms with E-state index in [1.807, 2.05) is 6.08 Å². The number of amides is 1. The number of rotatable bonds is 43. The van der Waals surface area contributed by atoms with Gasteiger partial charge in [-0.1, -0.05) is 224 Å². The first-order chi connectivity index (χ1) is 26.0. The topological polar surface area (TPSA) is 89.8 Å². The molecule has 0 saturated carbocycles. The normalized spacial score (nSPS) is 13.7. The van der Waals surface area contributed by atoms with Crippen LogP contribution in [0.5, 0.6) is 0 Å². The maximum Gasteiger partial charge on any atom is 0.222 e. The number of unbranched alkanes of at least 4 members (excludes halogenated alkanes) is 32. The van der Waals surface area contributed by atoms with Gasteiger partial charge in [0.25, 0.3) is 0 Å². The molecule has 3 unspecified atom stereocenters. The molecule has 1 amide bonds. The summed E-state index contributed by atoms with van der Waals surface area (Å²) in [5.41, 5.74) is 0. The molecule has 5 heteroatoms. The van der Waals surface area contributed by atoms with E-state index in [1.54, 1.807) is 6.08 Å². The summed E-state index contributed by atoms with van der Waals surface area (Å²) in [5.74, 6) is -0.315. The summed E-state index contributed by atoms with van der Waals surface area (Å²) in [6.45, 7) is 4.21. The SMILES string of the molecule is CCCCCCCCCCC/C=C/C(O)C(CO)NC(=O)CC(O)CCCCCCCCCCCCC/C=C\CCCCCCCCCCCCCC. The Morgan fingerprint density at radius 2 is 0.792 bits per heavy atom. The zero-order valence-corrected chi connectivity index (χ0v) is 35.7. The van der Waals surface area contributed by atoms with Crippen molar-refractivity contribution in [2.45, 2.75) is 270 Å². The molecule has 0 aromatic rings. The van der Waals surface area contributed by atoms with Crippen LogP contribution in [0.25, 0.3) is 0 Å². The predicted octanol–water partition coefficient (Wildman–Crippen LogP) is 13.8. The van der Waals surface area contributed by atoms with Gasteiger partial charge in [-0.25, -0.2) is 0 Å². The van der Waals surface area contributed by atoms with Crippen molar-refractivity contribution in [2.75, 3.05) is 6.61 Å². The Kier molecular flexibility index (Phi) is 42.6. The number of nitrogens with one attached hydrogen (secondary N) is 1. The van der Waals surface area contributed by atoms with Crippen molar-refractivity contribution in [1.82, 2.24) is 5.32 Å². The van der Waals surface area contributed by atoms with Crippen molar-refractivity contribution < 1.29 is 20.1 Å². The summed E-state index contributed by atoms with van der Waals surface area (Å²) in [4.78, 5) is 12.4. The maximum atomic E-state index is 12.4. The number of aliphatic hydroxyl groups excluding tert-OH is 3. The van der Waals surface area contributed by atoms with Gasteiger partial charge >= 0.3 is 0 Å². The molecule has 53 heavy (non-hydrogen) atoms. The zero-order chi connectivity index (χ0) is 38.7. The van der Waals surface area contributed by atoms with Crippen molar-refractivity contribution in [3.63, 3.8) is 0 Å². The van der Waals surface area contributed by atoms with Crippen LogP contribution in [0.3, 0.4) is 0 Å². The number of allylic oxidation sites excluding steroid dienone is 3. The van der Waals surface area contributed by atoms with Crippen LogP contribution >= 0.6 is 0 Å². The lowest BCUT2D eigenvalue weighted by atomic mass is 10.0. The second kappa shape index (κ2) is 43.6. The number of hydrogen-bond donors (Lipinski definition) is 4. The van der Waals surface area contributed by atoms with Crippen molar-refractivity contribution in [3.8, 4) is 0 Å². The first-order valence-electron chi connectivity index (χ1n) is 23.6. The van der Waals surface area contributed by atoms with Crippen LogP contribution in [0.4, 0.5) is 0 Å².